The fourth-order valence-electron chi connectivity index (χ4n) is 5.06. The van der Waals surface area contributed by atoms with E-state index in [2.05, 4.69) is 0 Å². The molecule has 4 N–H and O–H groups in total. The molecule has 1 unspecified atom stereocenters. The molecule has 2 aromatic rings. The molecule has 0 aliphatic carbocycles. The first-order chi connectivity index (χ1) is 20.4. The minimum atomic E-state index is -0.917. The normalized spacial score (nSPS) is 22.0. The summed E-state index contributed by atoms with van der Waals surface area (Å²) in [5.74, 6) is 0. The van der Waals surface area contributed by atoms with Crippen LogP contribution in [0.1, 0.15) is 56.1 Å². The van der Waals surface area contributed by atoms with Crippen LogP contribution < -0.4 is 0 Å². The Morgan fingerprint density at radius 2 is 1.38 bits per heavy atom. The smallest absolute Gasteiger partial charge is 0.160 e. The zero-order chi connectivity index (χ0) is 30.0. The van der Waals surface area contributed by atoms with Crippen LogP contribution in [0.25, 0.3) is 0 Å². The van der Waals surface area contributed by atoms with Crippen LogP contribution in [0.4, 0.5) is 0 Å². The lowest BCUT2D eigenvalue weighted by Crippen LogP contribution is -2.40. The summed E-state index contributed by atoms with van der Waals surface area (Å²) in [6.45, 7) is 0.934. The van der Waals surface area contributed by atoms with E-state index in [-0.39, 0.29) is 51.7 Å². The van der Waals surface area contributed by atoms with Gasteiger partial charge in [-0.1, -0.05) is 60.7 Å². The molecule has 0 aromatic heterocycles. The summed E-state index contributed by atoms with van der Waals surface area (Å²) >= 11 is 0. The fraction of sp³-hybridized carbons (Fsp3) is 0.625. The minimum Gasteiger partial charge on any atom is -0.396 e. The van der Waals surface area contributed by atoms with Crippen molar-refractivity contribution in [3.63, 3.8) is 0 Å². The molecule has 0 bridgehead atoms. The third kappa shape index (κ3) is 14.0. The van der Waals surface area contributed by atoms with E-state index >= 15 is 0 Å². The summed E-state index contributed by atoms with van der Waals surface area (Å²) in [6, 6.07) is 19.6. The van der Waals surface area contributed by atoms with Gasteiger partial charge in [-0.05, 0) is 43.2 Å². The largest absolute Gasteiger partial charge is 0.396 e. The Morgan fingerprint density at radius 1 is 0.786 bits per heavy atom. The van der Waals surface area contributed by atoms with E-state index in [9.17, 15) is 20.4 Å². The van der Waals surface area contributed by atoms with Crippen molar-refractivity contribution in [3.8, 4) is 0 Å². The number of methoxy groups -OCH3 is 1. The first-order valence-electron chi connectivity index (χ1n) is 14.7. The molecule has 236 valence electrons. The van der Waals surface area contributed by atoms with Gasteiger partial charge in [0.15, 0.2) is 6.29 Å². The third-order valence-corrected chi connectivity index (χ3v) is 7.19. The van der Waals surface area contributed by atoms with Crippen molar-refractivity contribution in [1.82, 2.24) is 0 Å². The zero-order valence-electron chi connectivity index (χ0n) is 24.5. The standard InChI is InChI=1S/C32H48O10/c1-37-32-19-30(41-23-39-21-25-10-6-3-7-11-25)18-31(42-32)17-28(36)15-26(34)14-27(35)16-29(12-13-33)40-22-38-20-24-8-4-2-5-9-24/h2-11,26-36H,12-23H2,1H3/t26-,27+,28-,29+,30-,31+,32?/m0/s1. The van der Waals surface area contributed by atoms with E-state index in [1.165, 1.54) is 0 Å². The van der Waals surface area contributed by atoms with Crippen LogP contribution in [0.3, 0.4) is 0 Å². The van der Waals surface area contributed by atoms with Crippen LogP contribution in [0.5, 0.6) is 0 Å². The van der Waals surface area contributed by atoms with Crippen molar-refractivity contribution in [2.75, 3.05) is 27.3 Å². The van der Waals surface area contributed by atoms with Crippen molar-refractivity contribution in [1.29, 1.82) is 0 Å². The predicted molar refractivity (Wildman–Crippen MR) is 155 cm³/mol. The maximum Gasteiger partial charge on any atom is 0.160 e. The average molecular weight is 593 g/mol. The van der Waals surface area contributed by atoms with Gasteiger partial charge in [-0.2, -0.15) is 0 Å². The Kier molecular flexibility index (Phi) is 16.5. The van der Waals surface area contributed by atoms with E-state index < -0.39 is 30.7 Å². The van der Waals surface area contributed by atoms with Gasteiger partial charge in [0.05, 0.1) is 49.8 Å². The number of rotatable bonds is 21. The Balaban J connectivity index is 1.33. The van der Waals surface area contributed by atoms with Crippen LogP contribution in [-0.2, 0) is 41.6 Å². The molecular formula is C32H48O10. The molecule has 10 nitrogen and oxygen atoms in total. The second-order valence-corrected chi connectivity index (χ2v) is 10.8. The van der Waals surface area contributed by atoms with Gasteiger partial charge in [0.2, 0.25) is 0 Å². The van der Waals surface area contributed by atoms with Crippen molar-refractivity contribution in [3.05, 3.63) is 71.8 Å². The maximum absolute atomic E-state index is 10.7. The number of aliphatic hydroxyl groups is 4. The Hall–Kier alpha value is -1.96. The lowest BCUT2D eigenvalue weighted by atomic mass is 9.95. The van der Waals surface area contributed by atoms with Gasteiger partial charge in [0.1, 0.15) is 13.6 Å². The summed E-state index contributed by atoms with van der Waals surface area (Å²) in [6.07, 6.45) is -1.81. The minimum absolute atomic E-state index is 0.0290. The maximum atomic E-state index is 10.7. The molecule has 0 amide bonds. The van der Waals surface area contributed by atoms with Crippen LogP contribution in [0.15, 0.2) is 60.7 Å². The van der Waals surface area contributed by atoms with Gasteiger partial charge in [-0.3, -0.25) is 0 Å². The quantitative estimate of drug-likeness (QED) is 0.126. The number of hydrogen-bond acceptors (Lipinski definition) is 10. The average Bonchev–Trinajstić information content (AvgIpc) is 2.98. The van der Waals surface area contributed by atoms with Gasteiger partial charge in [0.25, 0.3) is 0 Å². The highest BCUT2D eigenvalue weighted by atomic mass is 16.7. The summed E-state index contributed by atoms with van der Waals surface area (Å²) in [4.78, 5) is 0. The topological polar surface area (TPSA) is 136 Å². The van der Waals surface area contributed by atoms with Crippen molar-refractivity contribution < 1.29 is 48.8 Å². The predicted octanol–water partition coefficient (Wildman–Crippen LogP) is 3.28. The molecule has 1 fully saturated rings. The van der Waals surface area contributed by atoms with Gasteiger partial charge >= 0.3 is 0 Å². The molecule has 2 aromatic carbocycles. The molecule has 0 spiro atoms. The summed E-state index contributed by atoms with van der Waals surface area (Å²) in [5, 5.41) is 41.2. The van der Waals surface area contributed by atoms with Gasteiger partial charge in [-0.15, -0.1) is 0 Å². The lowest BCUT2D eigenvalue weighted by Gasteiger charge is -2.35. The van der Waals surface area contributed by atoms with Gasteiger partial charge < -0.3 is 48.8 Å². The summed E-state index contributed by atoms with van der Waals surface area (Å²) in [7, 11) is 1.57. The second-order valence-electron chi connectivity index (χ2n) is 10.8. The van der Waals surface area contributed by atoms with E-state index in [1.807, 2.05) is 60.7 Å². The Labute approximate surface area is 249 Å². The van der Waals surface area contributed by atoms with Crippen molar-refractivity contribution in [2.45, 2.75) is 101 Å². The Bertz CT molecular complexity index is 933. The van der Waals surface area contributed by atoms with Crippen LogP contribution in [0.2, 0.25) is 0 Å². The Morgan fingerprint density at radius 3 is 2.00 bits per heavy atom. The highest BCUT2D eigenvalue weighted by molar-refractivity contribution is 5.14. The first-order valence-corrected chi connectivity index (χ1v) is 14.7. The molecule has 42 heavy (non-hydrogen) atoms. The fourth-order valence-corrected chi connectivity index (χ4v) is 5.06. The summed E-state index contributed by atoms with van der Waals surface area (Å²) in [5.41, 5.74) is 2.09. The third-order valence-electron chi connectivity index (χ3n) is 7.19. The molecule has 1 aliphatic heterocycles. The lowest BCUT2D eigenvalue weighted by molar-refractivity contribution is -0.228. The number of hydrogen-bond donors (Lipinski definition) is 4. The van der Waals surface area contributed by atoms with Crippen molar-refractivity contribution >= 4 is 0 Å². The number of ether oxygens (including phenoxy) is 6. The van der Waals surface area contributed by atoms with E-state index in [4.69, 9.17) is 28.4 Å². The zero-order valence-corrected chi connectivity index (χ0v) is 24.5. The molecule has 0 radical (unpaired) electrons. The van der Waals surface area contributed by atoms with E-state index in [1.54, 1.807) is 7.11 Å². The molecule has 10 heteroatoms. The first kappa shape index (κ1) is 34.5. The molecule has 1 heterocycles. The molecule has 3 rings (SSSR count). The number of aliphatic hydroxyl groups excluding tert-OH is 4. The summed E-state index contributed by atoms with van der Waals surface area (Å²) < 4.78 is 34.2. The van der Waals surface area contributed by atoms with Crippen molar-refractivity contribution in [2.24, 2.45) is 0 Å². The highest BCUT2D eigenvalue weighted by Crippen LogP contribution is 2.27. The molecule has 0 saturated carbocycles. The van der Waals surface area contributed by atoms with Gasteiger partial charge in [-0.25, -0.2) is 0 Å². The highest BCUT2D eigenvalue weighted by Gasteiger charge is 2.32. The molecule has 1 aliphatic rings. The monoisotopic (exact) mass is 592 g/mol. The van der Waals surface area contributed by atoms with Crippen LogP contribution in [-0.4, -0.2) is 90.6 Å². The van der Waals surface area contributed by atoms with Gasteiger partial charge in [0, 0.05) is 26.6 Å². The molecular weight excluding hydrogens is 544 g/mol. The van der Waals surface area contributed by atoms with E-state index in [0.717, 1.165) is 11.1 Å². The van der Waals surface area contributed by atoms with E-state index in [0.29, 0.717) is 38.9 Å². The molecule has 1 saturated heterocycles. The SMILES string of the molecule is COC1C[C@@H](OCOCc2ccccc2)C[C@@H](C[C@@H](O)C[C@@H](O)C[C@@H](O)C[C@@H](CCO)OCOCc2ccccc2)O1. The number of benzene rings is 2. The molecule has 7 atom stereocenters. The second kappa shape index (κ2) is 20.1. The van der Waals surface area contributed by atoms with Crippen LogP contribution >= 0.6 is 0 Å². The van der Waals surface area contributed by atoms with Crippen LogP contribution in [0, 0.1) is 0 Å².